The van der Waals surface area contributed by atoms with Gasteiger partial charge < -0.3 is 0 Å². The molecule has 12 heavy (non-hydrogen) atoms. The zero-order chi connectivity index (χ0) is 8.97. The molecular weight excluding hydrogens is 168 g/mol. The summed E-state index contributed by atoms with van der Waals surface area (Å²) in [5, 5.41) is 0.320. The summed E-state index contributed by atoms with van der Waals surface area (Å²) in [4.78, 5) is 0. The molecule has 0 aliphatic heterocycles. The van der Waals surface area contributed by atoms with Crippen LogP contribution in [-0.4, -0.2) is 5.38 Å². The van der Waals surface area contributed by atoms with Gasteiger partial charge in [0, 0.05) is 0 Å². The van der Waals surface area contributed by atoms with Crippen molar-refractivity contribution < 1.29 is 0 Å². The molecule has 0 saturated carbocycles. The van der Waals surface area contributed by atoms with Crippen molar-refractivity contribution in [2.75, 3.05) is 0 Å². The van der Waals surface area contributed by atoms with Gasteiger partial charge in [-0.25, -0.2) is 0 Å². The van der Waals surface area contributed by atoms with Crippen LogP contribution in [0.5, 0.6) is 0 Å². The van der Waals surface area contributed by atoms with Crippen molar-refractivity contribution in [3.8, 4) is 0 Å². The maximum Gasteiger partial charge on any atom is 0.0518 e. The molecule has 0 fully saturated rings. The van der Waals surface area contributed by atoms with Gasteiger partial charge in [0.05, 0.1) is 5.38 Å². The van der Waals surface area contributed by atoms with Gasteiger partial charge in [-0.2, -0.15) is 0 Å². The van der Waals surface area contributed by atoms with E-state index in [0.29, 0.717) is 5.38 Å². The Morgan fingerprint density at radius 3 is 2.92 bits per heavy atom. The van der Waals surface area contributed by atoms with Crippen molar-refractivity contribution in [3.05, 3.63) is 11.6 Å². The van der Waals surface area contributed by atoms with Crippen molar-refractivity contribution in [1.29, 1.82) is 0 Å². The molecule has 1 aliphatic rings. The first kappa shape index (κ1) is 10.1. The van der Waals surface area contributed by atoms with E-state index < -0.39 is 0 Å². The van der Waals surface area contributed by atoms with Crippen molar-refractivity contribution in [3.63, 3.8) is 0 Å². The molecule has 0 radical (unpaired) electrons. The fourth-order valence-electron chi connectivity index (χ4n) is 1.63. The average Bonchev–Trinajstić information content (AvgIpc) is 2.01. The van der Waals surface area contributed by atoms with Gasteiger partial charge >= 0.3 is 0 Å². The molecule has 0 aromatic rings. The van der Waals surface area contributed by atoms with E-state index in [0.717, 1.165) is 5.92 Å². The molecule has 70 valence electrons. The summed E-state index contributed by atoms with van der Waals surface area (Å²) in [6.45, 7) is 4.56. The lowest BCUT2D eigenvalue weighted by Crippen LogP contribution is -2.04. The van der Waals surface area contributed by atoms with Gasteiger partial charge in [0.15, 0.2) is 0 Å². The standard InChI is InChI=1S/C11H19Cl/c1-9(2)6-7-10-4-3-5-11(12)8-10/h8-9,11H,3-7H2,1-2H3. The summed E-state index contributed by atoms with van der Waals surface area (Å²) < 4.78 is 0. The molecule has 0 aromatic heterocycles. The molecule has 1 heteroatoms. The Kier molecular flexibility index (Phi) is 4.14. The molecule has 1 aliphatic carbocycles. The number of alkyl halides is 1. The van der Waals surface area contributed by atoms with Crippen LogP contribution in [0.4, 0.5) is 0 Å². The molecule has 1 rings (SSSR count). The summed E-state index contributed by atoms with van der Waals surface area (Å²) in [7, 11) is 0. The Balaban J connectivity index is 2.30. The quantitative estimate of drug-likeness (QED) is 0.459. The zero-order valence-electron chi connectivity index (χ0n) is 8.15. The monoisotopic (exact) mass is 186 g/mol. The number of halogens is 1. The highest BCUT2D eigenvalue weighted by Gasteiger charge is 2.10. The summed E-state index contributed by atoms with van der Waals surface area (Å²) in [5.41, 5.74) is 1.59. The van der Waals surface area contributed by atoms with E-state index in [9.17, 15) is 0 Å². The first-order chi connectivity index (χ1) is 5.68. The van der Waals surface area contributed by atoms with Gasteiger partial charge in [0.1, 0.15) is 0 Å². The van der Waals surface area contributed by atoms with E-state index >= 15 is 0 Å². The minimum atomic E-state index is 0.320. The third kappa shape index (κ3) is 3.62. The third-order valence-corrected chi connectivity index (χ3v) is 2.78. The van der Waals surface area contributed by atoms with Crippen LogP contribution in [0.1, 0.15) is 46.0 Å². The minimum absolute atomic E-state index is 0.320. The highest BCUT2D eigenvalue weighted by molar-refractivity contribution is 6.21. The van der Waals surface area contributed by atoms with Crippen molar-refractivity contribution in [2.24, 2.45) is 5.92 Å². The van der Waals surface area contributed by atoms with Gasteiger partial charge in [-0.05, 0) is 38.0 Å². The number of rotatable bonds is 3. The van der Waals surface area contributed by atoms with Crippen LogP contribution in [0.15, 0.2) is 11.6 Å². The number of hydrogen-bond donors (Lipinski definition) is 0. The van der Waals surface area contributed by atoms with E-state index in [1.54, 1.807) is 5.57 Å². The van der Waals surface area contributed by atoms with Gasteiger partial charge in [-0.15, -0.1) is 11.6 Å². The van der Waals surface area contributed by atoms with Gasteiger partial charge in [0.25, 0.3) is 0 Å². The number of allylic oxidation sites excluding steroid dienone is 2. The van der Waals surface area contributed by atoms with E-state index in [1.165, 1.54) is 32.1 Å². The highest BCUT2D eigenvalue weighted by Crippen LogP contribution is 2.25. The summed E-state index contributed by atoms with van der Waals surface area (Å²) in [6.07, 6.45) is 8.60. The Labute approximate surface area is 81.0 Å². The number of hydrogen-bond acceptors (Lipinski definition) is 0. The smallest absolute Gasteiger partial charge is 0.0518 e. The second-order valence-electron chi connectivity index (χ2n) is 4.17. The molecule has 1 unspecified atom stereocenters. The lowest BCUT2D eigenvalue weighted by molar-refractivity contribution is 0.563. The molecule has 0 bridgehead atoms. The Morgan fingerprint density at radius 2 is 2.33 bits per heavy atom. The second kappa shape index (κ2) is 4.91. The van der Waals surface area contributed by atoms with E-state index in [2.05, 4.69) is 19.9 Å². The molecular formula is C11H19Cl. The maximum absolute atomic E-state index is 6.05. The van der Waals surface area contributed by atoms with Crippen LogP contribution in [0.3, 0.4) is 0 Å². The van der Waals surface area contributed by atoms with Crippen LogP contribution in [0.2, 0.25) is 0 Å². The highest BCUT2D eigenvalue weighted by atomic mass is 35.5. The fourth-order valence-corrected chi connectivity index (χ4v) is 1.96. The Hall–Kier alpha value is 0.0300. The van der Waals surface area contributed by atoms with Crippen LogP contribution >= 0.6 is 11.6 Å². The Bertz CT molecular complexity index is 158. The van der Waals surface area contributed by atoms with Gasteiger partial charge in [-0.3, -0.25) is 0 Å². The molecule has 0 saturated heterocycles. The third-order valence-electron chi connectivity index (χ3n) is 2.44. The lowest BCUT2D eigenvalue weighted by Gasteiger charge is -2.17. The summed E-state index contributed by atoms with van der Waals surface area (Å²) in [5.74, 6) is 0.821. The predicted octanol–water partition coefficient (Wildman–Crippen LogP) is 4.14. The maximum atomic E-state index is 6.05. The van der Waals surface area contributed by atoms with Gasteiger partial charge in [-0.1, -0.05) is 25.5 Å². The zero-order valence-corrected chi connectivity index (χ0v) is 8.90. The van der Waals surface area contributed by atoms with Gasteiger partial charge in [0.2, 0.25) is 0 Å². The molecule has 0 heterocycles. The second-order valence-corrected chi connectivity index (χ2v) is 4.73. The molecule has 1 atom stereocenters. The largest absolute Gasteiger partial charge is 0.118 e. The summed E-state index contributed by atoms with van der Waals surface area (Å²) in [6, 6.07) is 0. The lowest BCUT2D eigenvalue weighted by atomic mass is 9.93. The van der Waals surface area contributed by atoms with E-state index in [4.69, 9.17) is 11.6 Å². The van der Waals surface area contributed by atoms with Crippen LogP contribution in [0, 0.1) is 5.92 Å². The molecule has 0 N–H and O–H groups in total. The molecule has 0 amide bonds. The van der Waals surface area contributed by atoms with Crippen LogP contribution < -0.4 is 0 Å². The van der Waals surface area contributed by atoms with Crippen LogP contribution in [0.25, 0.3) is 0 Å². The van der Waals surface area contributed by atoms with Crippen molar-refractivity contribution >= 4 is 11.6 Å². The topological polar surface area (TPSA) is 0 Å². The average molecular weight is 187 g/mol. The van der Waals surface area contributed by atoms with Crippen molar-refractivity contribution in [2.45, 2.75) is 51.3 Å². The Morgan fingerprint density at radius 1 is 1.58 bits per heavy atom. The first-order valence-corrected chi connectivity index (χ1v) is 5.45. The predicted molar refractivity (Wildman–Crippen MR) is 55.6 cm³/mol. The molecule has 0 aromatic carbocycles. The van der Waals surface area contributed by atoms with Crippen molar-refractivity contribution in [1.82, 2.24) is 0 Å². The van der Waals surface area contributed by atoms with E-state index in [-0.39, 0.29) is 0 Å². The normalized spacial score (nSPS) is 24.3. The SMILES string of the molecule is CC(C)CCC1=CC(Cl)CCC1. The summed E-state index contributed by atoms with van der Waals surface area (Å²) >= 11 is 6.05. The fraction of sp³-hybridized carbons (Fsp3) is 0.818. The molecule has 0 spiro atoms. The first-order valence-electron chi connectivity index (χ1n) is 5.02. The van der Waals surface area contributed by atoms with Crippen LogP contribution in [-0.2, 0) is 0 Å². The molecule has 0 nitrogen and oxygen atoms in total. The van der Waals surface area contributed by atoms with E-state index in [1.807, 2.05) is 0 Å². The minimum Gasteiger partial charge on any atom is -0.118 e.